The molecule has 0 spiro atoms. The number of pyridine rings is 6. The predicted octanol–water partition coefficient (Wildman–Crippen LogP) is 25.6. The zero-order chi connectivity index (χ0) is 98.7. The van der Waals surface area contributed by atoms with Gasteiger partial charge in [-0.1, -0.05) is 217 Å². The van der Waals surface area contributed by atoms with Crippen molar-refractivity contribution >= 4 is 213 Å². The van der Waals surface area contributed by atoms with Crippen molar-refractivity contribution in [2.24, 2.45) is 5.11 Å². The van der Waals surface area contributed by atoms with E-state index in [9.17, 15) is 67.8 Å². The summed E-state index contributed by atoms with van der Waals surface area (Å²) in [5.74, 6) is 0.0928. The van der Waals surface area contributed by atoms with E-state index in [1.807, 2.05) is 267 Å². The highest BCUT2D eigenvalue weighted by Gasteiger charge is 2.22. The van der Waals surface area contributed by atoms with Gasteiger partial charge in [-0.25, -0.2) is 46.7 Å². The number of fused-ring (bicyclic) bond motifs is 12. The second-order valence-corrected chi connectivity index (χ2v) is 36.9. The van der Waals surface area contributed by atoms with Gasteiger partial charge >= 0.3 is 0 Å². The highest BCUT2D eigenvalue weighted by atomic mass is 35.5. The lowest BCUT2D eigenvalue weighted by Gasteiger charge is -2.14. The van der Waals surface area contributed by atoms with Gasteiger partial charge in [-0.2, -0.15) is 10.5 Å². The molecule has 0 radical (unpaired) electrons. The van der Waals surface area contributed by atoms with E-state index in [1.54, 1.807) is 0 Å². The summed E-state index contributed by atoms with van der Waals surface area (Å²) < 4.78 is 55.4. The first-order valence-electron chi connectivity index (χ1n) is 43.8. The Labute approximate surface area is 808 Å². The zero-order valence-corrected chi connectivity index (χ0v) is 76.9. The number of non-ortho nitro benzene ring substituents is 4. The Morgan fingerprint density at radius 1 is 0.355 bits per heavy atom. The van der Waals surface area contributed by atoms with Gasteiger partial charge in [0.2, 0.25) is 0 Å². The maximum absolute atomic E-state index is 12.6. The molecule has 31 nitrogen and oxygen atoms in total. The molecule has 0 atom stereocenters. The number of aromatic nitrogens is 6. The minimum Gasteiger partial charge on any atom is -0.398 e. The first-order chi connectivity index (χ1) is 68.4. The SMILES string of the molecule is N#Cc1c2ccc([N+](=O)[O-])cc2nc2cc([N+](=O)[O-])ccc12.N#Cc1c2ccccc2nc2ccccc12.Nc1c2ccccc2nc2ccccc12.O=S(=O)(CCCOCc1ccccc1)Cc1ccc(Nc2c3ccccc3nc3ccccc23)cc1.O=[N+]([O-])c1ccc2c(Cl)c3ccc([N+](=O)[O-])cc3nc2c1.[N-]=[N+]=NCCCS(=O)(=O)Cc1ccc(Nc2c3ccccc3nc3ccccc23)cc1. The Hall–Kier alpha value is -18.2. The number of hydrogen-bond donors (Lipinski definition) is 3. The van der Waals surface area contributed by atoms with Crippen LogP contribution in [0, 0.1) is 63.1 Å². The van der Waals surface area contributed by atoms with Crippen LogP contribution in [-0.4, -0.2) is 91.1 Å². The van der Waals surface area contributed by atoms with Crippen LogP contribution in [0.25, 0.3) is 141 Å². The smallest absolute Gasteiger partial charge is 0.271 e. The number of nitriles is 2. The highest BCUT2D eigenvalue weighted by molar-refractivity contribution is 7.90. The van der Waals surface area contributed by atoms with E-state index < -0.39 is 39.4 Å². The van der Waals surface area contributed by atoms with Crippen LogP contribution >= 0.6 is 11.6 Å². The molecule has 6 aromatic heterocycles. The van der Waals surface area contributed by atoms with Crippen LogP contribution in [-0.2, 0) is 42.5 Å². The van der Waals surface area contributed by atoms with Crippen molar-refractivity contribution in [1.82, 2.24) is 29.9 Å². The van der Waals surface area contributed by atoms with E-state index in [2.05, 4.69) is 58.8 Å². The maximum atomic E-state index is 12.6. The van der Waals surface area contributed by atoms with Crippen molar-refractivity contribution in [3.8, 4) is 12.1 Å². The number of hydrogen-bond acceptors (Lipinski definition) is 25. The number of anilines is 5. The van der Waals surface area contributed by atoms with Gasteiger partial charge in [0.15, 0.2) is 19.7 Å². The molecule has 21 rings (SSSR count). The van der Waals surface area contributed by atoms with Crippen LogP contribution in [0.15, 0.2) is 351 Å². The Kier molecular flexibility index (Phi) is 29.7. The normalized spacial score (nSPS) is 11.1. The van der Waals surface area contributed by atoms with Crippen LogP contribution in [0.1, 0.15) is 40.7 Å². The second-order valence-electron chi connectivity index (χ2n) is 32.1. The van der Waals surface area contributed by atoms with E-state index in [0.717, 1.165) is 132 Å². The lowest BCUT2D eigenvalue weighted by molar-refractivity contribution is -0.384. The number of nitrogens with two attached hydrogens (primary N) is 1. The molecule has 141 heavy (non-hydrogen) atoms. The third-order valence-electron chi connectivity index (χ3n) is 22.7. The number of ether oxygens (including phenoxy) is 1. The van der Waals surface area contributed by atoms with Crippen LogP contribution in [0.4, 0.5) is 51.2 Å². The van der Waals surface area contributed by atoms with Crippen LogP contribution in [0.2, 0.25) is 5.02 Å². The lowest BCUT2D eigenvalue weighted by atomic mass is 10.0. The fourth-order valence-corrected chi connectivity index (χ4v) is 19.1. The van der Waals surface area contributed by atoms with E-state index in [4.69, 9.17) is 37.6 Å². The molecule has 21 aromatic rings. The molecule has 0 saturated carbocycles. The number of nitro groups is 4. The predicted molar refractivity (Wildman–Crippen MR) is 555 cm³/mol. The molecule has 0 fully saturated rings. The molecule has 0 aliphatic heterocycles. The van der Waals surface area contributed by atoms with Crippen LogP contribution < -0.4 is 16.4 Å². The number of nitrogens with zero attached hydrogens (tertiary/aromatic N) is 15. The minimum atomic E-state index is -3.26. The summed E-state index contributed by atoms with van der Waals surface area (Å²) in [6, 6.07) is 109. The quantitative estimate of drug-likeness (QED) is 0.0108. The lowest BCUT2D eigenvalue weighted by Crippen LogP contribution is -2.11. The summed E-state index contributed by atoms with van der Waals surface area (Å²) >= 11 is 6.26. The number of nitrogen functional groups attached to an aromatic ring is 1. The van der Waals surface area contributed by atoms with Gasteiger partial charge in [0.05, 0.1) is 149 Å². The minimum absolute atomic E-state index is 0.00101. The van der Waals surface area contributed by atoms with Gasteiger partial charge in [-0.3, -0.25) is 40.5 Å². The second kappa shape index (κ2) is 43.6. The largest absolute Gasteiger partial charge is 0.398 e. The number of rotatable bonds is 22. The Morgan fingerprint density at radius 3 is 0.965 bits per heavy atom. The van der Waals surface area contributed by atoms with Gasteiger partial charge in [0, 0.05) is 143 Å². The van der Waals surface area contributed by atoms with E-state index in [1.165, 1.54) is 72.8 Å². The number of sulfone groups is 2. The first-order valence-corrected chi connectivity index (χ1v) is 47.8. The molecule has 0 amide bonds. The topological polar surface area (TPSA) is 474 Å². The molecule has 34 heteroatoms. The molecule has 0 bridgehead atoms. The summed E-state index contributed by atoms with van der Waals surface area (Å²) in [5.41, 5.74) is 30.4. The third-order valence-corrected chi connectivity index (χ3v) is 26.5. The highest BCUT2D eigenvalue weighted by Crippen LogP contribution is 2.39. The van der Waals surface area contributed by atoms with E-state index in [-0.39, 0.29) is 68.9 Å². The van der Waals surface area contributed by atoms with Gasteiger partial charge in [0.25, 0.3) is 22.7 Å². The first kappa shape index (κ1) is 95.9. The maximum Gasteiger partial charge on any atom is 0.271 e. The van der Waals surface area contributed by atoms with Crippen molar-refractivity contribution in [2.45, 2.75) is 31.0 Å². The Balaban J connectivity index is 0.000000125. The van der Waals surface area contributed by atoms with Gasteiger partial charge in [0.1, 0.15) is 12.1 Å². The van der Waals surface area contributed by atoms with Gasteiger partial charge in [-0.05, 0) is 132 Å². The molecule has 0 unspecified atom stereocenters. The number of para-hydroxylation sites is 8. The molecule has 694 valence electrons. The zero-order valence-electron chi connectivity index (χ0n) is 74.6. The van der Waals surface area contributed by atoms with Crippen LogP contribution in [0.3, 0.4) is 0 Å². The summed E-state index contributed by atoms with van der Waals surface area (Å²) in [6.45, 7) is 1.11. The fourth-order valence-electron chi connectivity index (χ4n) is 16.0. The van der Waals surface area contributed by atoms with E-state index in [0.29, 0.717) is 69.2 Å². The molecule has 0 aliphatic rings. The summed E-state index contributed by atoms with van der Waals surface area (Å²) in [5, 5.41) is 82.7. The molecule has 0 aliphatic carbocycles. The standard InChI is InChI=1S/C30H28N2O3S.C23H21N5O2S.C14H6N4O4.C14H8N2.C13H6ClN3O4.C13H10N2/c33-36(34,20-8-19-35-21-23-9-2-1-3-10-23)22-24-15-17-25(18-16-24)31-30-26-11-4-6-13-28(26)32-29-14-7-5-12-27(29)30;24-28-25-14-5-15-31(29,30)16-17-10-12-18(13-11-17)26-23-19-6-1-3-8-21(19)27-22-9-4-2-7-20(22)23;15-7-12-10-3-1-8(17(19)20)5-13(10)16-14-6-9(18(21)22)2-4-11(12)14;15-9-12-10-5-1-3-7-13(10)16-14-8-4-2-6-11(12)14;14-13-9-3-1-7(16(18)19)5-11(9)15-12-6-8(17(20)21)2-4-10(12)13;14-13-9-5-1-3-7-11(9)15-12-8-4-2-6-10(12)13/h1-7,9-18H,8,19-22H2,(H,31,32);1-4,6-13H,5,14-16H2,(H,26,27);1-6H;1-8H;1-6H;1-8H,(H2,14,15). The number of benzene rings is 15. The van der Waals surface area contributed by atoms with Crippen molar-refractivity contribution in [1.29, 1.82) is 10.5 Å². The van der Waals surface area contributed by atoms with Crippen LogP contribution in [0.5, 0.6) is 0 Å². The monoisotopic (exact) mass is 1920 g/mol. The number of nitrogens with one attached hydrogen (secondary N) is 2. The summed E-state index contributed by atoms with van der Waals surface area (Å²) in [6.07, 6.45) is 0.811. The van der Waals surface area contributed by atoms with Crippen molar-refractivity contribution in [2.75, 3.05) is 41.0 Å². The van der Waals surface area contributed by atoms with Crippen molar-refractivity contribution in [3.63, 3.8) is 0 Å². The molecule has 0 saturated heterocycles. The summed E-state index contributed by atoms with van der Waals surface area (Å²) in [4.78, 5) is 70.7. The van der Waals surface area contributed by atoms with E-state index >= 15 is 0 Å². The molecule has 4 N–H and O–H groups in total. The average molecular weight is 1920 g/mol. The molecule has 15 aromatic carbocycles. The molecular formula is C107H79ClN18O13S2. The number of nitro benzene ring substituents is 4. The average Bonchev–Trinajstić information content (AvgIpc) is 0.792. The Morgan fingerprint density at radius 2 is 0.631 bits per heavy atom. The van der Waals surface area contributed by atoms with Crippen molar-refractivity contribution in [3.05, 3.63) is 430 Å². The third kappa shape index (κ3) is 23.0. The van der Waals surface area contributed by atoms with Gasteiger partial charge < -0.3 is 21.1 Å². The fraction of sp³-hybridized carbons (Fsp3) is 0.0841. The number of halogens is 1. The summed E-state index contributed by atoms with van der Waals surface area (Å²) in [7, 11) is -6.47. The Bertz CT molecular complexity index is 8490. The molecule has 6 heterocycles. The molecular weight excluding hydrogens is 1840 g/mol. The van der Waals surface area contributed by atoms with Crippen molar-refractivity contribution < 1.29 is 41.3 Å². The number of azide groups is 1. The van der Waals surface area contributed by atoms with Gasteiger partial charge in [-0.15, -0.1) is 0 Å².